The highest BCUT2D eigenvalue weighted by molar-refractivity contribution is 5.65. The van der Waals surface area contributed by atoms with Gasteiger partial charge in [0.15, 0.2) is 0 Å². The van der Waals surface area contributed by atoms with Crippen molar-refractivity contribution in [3.8, 4) is 0 Å². The van der Waals surface area contributed by atoms with Gasteiger partial charge in [0.1, 0.15) is 0 Å². The van der Waals surface area contributed by atoms with Crippen LogP contribution in [-0.4, -0.2) is 92.8 Å². The Bertz CT molecular complexity index is 2210. The molecule has 0 spiro atoms. The highest BCUT2D eigenvalue weighted by Crippen LogP contribution is 2.60. The van der Waals surface area contributed by atoms with Gasteiger partial charge in [-0.15, -0.1) is 0 Å². The molecule has 8 heteroatoms. The van der Waals surface area contributed by atoms with Gasteiger partial charge in [-0.25, -0.2) is 10.0 Å². The number of ether oxygens (including phenoxy) is 2. The zero-order valence-corrected chi connectivity index (χ0v) is 38.2. The Kier molecular flexibility index (Phi) is 9.23. The molecule has 15 rings (SSSR count). The molecule has 0 radical (unpaired) electrons. The summed E-state index contributed by atoms with van der Waals surface area (Å²) in [7, 11) is 0. The minimum Gasteiger partial charge on any atom is -0.371 e. The lowest BCUT2D eigenvalue weighted by molar-refractivity contribution is -0.329. The van der Waals surface area contributed by atoms with E-state index in [-0.39, 0.29) is 24.4 Å². The first-order chi connectivity index (χ1) is 32.7. The van der Waals surface area contributed by atoms with Gasteiger partial charge in [0.2, 0.25) is 0 Å². The van der Waals surface area contributed by atoms with E-state index in [0.717, 1.165) is 25.7 Å². The number of hydrogen-bond acceptors (Lipinski definition) is 8. The molecule has 11 aliphatic rings. The zero-order valence-electron chi connectivity index (χ0n) is 38.2. The smallest absolute Gasteiger partial charge is 0.0779 e. The molecule has 4 aromatic carbocycles. The van der Waals surface area contributed by atoms with Crippen molar-refractivity contribution in [3.63, 3.8) is 0 Å². The first-order valence-corrected chi connectivity index (χ1v) is 26.3. The van der Waals surface area contributed by atoms with Crippen LogP contribution in [0.2, 0.25) is 0 Å². The van der Waals surface area contributed by atoms with E-state index in [9.17, 15) is 0 Å². The maximum atomic E-state index is 7.83. The third-order valence-electron chi connectivity index (χ3n) is 19.5. The van der Waals surface area contributed by atoms with Crippen LogP contribution in [-0.2, 0) is 9.47 Å². The Morgan fingerprint density at radius 1 is 0.379 bits per heavy atom. The molecule has 8 nitrogen and oxygen atoms in total. The van der Waals surface area contributed by atoms with Crippen molar-refractivity contribution < 1.29 is 9.47 Å². The number of hydrazine groups is 2. The molecule has 66 heavy (non-hydrogen) atoms. The van der Waals surface area contributed by atoms with Crippen LogP contribution in [0.3, 0.4) is 0 Å². The van der Waals surface area contributed by atoms with Gasteiger partial charge >= 0.3 is 0 Å². The molecule has 18 atom stereocenters. The Balaban J connectivity index is 0.803. The van der Waals surface area contributed by atoms with Crippen LogP contribution in [0.5, 0.6) is 0 Å². The molecule has 0 amide bonds. The van der Waals surface area contributed by atoms with Gasteiger partial charge in [0.25, 0.3) is 0 Å². The van der Waals surface area contributed by atoms with E-state index in [4.69, 9.17) is 9.47 Å². The second-order valence-corrected chi connectivity index (χ2v) is 22.4. The Labute approximate surface area is 391 Å². The number of benzene rings is 4. The number of fused-ring (bicyclic) bond motifs is 8. The second-order valence-electron chi connectivity index (χ2n) is 22.4. The Hall–Kier alpha value is -4.60. The first-order valence-electron chi connectivity index (χ1n) is 26.3. The van der Waals surface area contributed by atoms with Crippen LogP contribution in [0.1, 0.15) is 77.0 Å². The fraction of sp³-hybridized carbons (Fsp3) is 0.517. The molecule has 18 unspecified atom stereocenters. The minimum absolute atomic E-state index is 0.132. The van der Waals surface area contributed by atoms with E-state index in [1.54, 1.807) is 0 Å². The SMILES string of the molecule is C1=CN2C3C1CCCC3C1CC(N(c3ccccc3)c3ccccc3)CC3OC4CC5OC6CC(N(c7ccccc7)c7ccccc7)CC7C8CCCC9C=CN(C98)N(C5CC4N2C31)C67. The molecule has 6 aliphatic heterocycles. The summed E-state index contributed by atoms with van der Waals surface area (Å²) in [5, 5.41) is 11.7. The van der Waals surface area contributed by atoms with Gasteiger partial charge in [0, 0.05) is 65.5 Å². The van der Waals surface area contributed by atoms with E-state index in [0.29, 0.717) is 83.8 Å². The molecule has 5 saturated carbocycles. The summed E-state index contributed by atoms with van der Waals surface area (Å²) in [5.74, 6) is 3.87. The summed E-state index contributed by atoms with van der Waals surface area (Å²) < 4.78 is 15.7. The maximum absolute atomic E-state index is 7.83. The first kappa shape index (κ1) is 39.4. The van der Waals surface area contributed by atoms with Gasteiger partial charge < -0.3 is 29.3 Å². The number of hydrogen-bond donors (Lipinski definition) is 0. The molecular formula is C58H66N6O2. The minimum atomic E-state index is 0.132. The fourth-order valence-electron chi connectivity index (χ4n) is 17.4. The van der Waals surface area contributed by atoms with Gasteiger partial charge in [-0.2, -0.15) is 0 Å². The Morgan fingerprint density at radius 3 is 1.17 bits per heavy atom. The number of para-hydroxylation sites is 4. The normalized spacial score (nSPS) is 42.3. The van der Waals surface area contributed by atoms with Gasteiger partial charge in [0.05, 0.1) is 60.7 Å². The van der Waals surface area contributed by atoms with E-state index < -0.39 is 0 Å². The summed E-state index contributed by atoms with van der Waals surface area (Å²) in [4.78, 5) is 5.37. The van der Waals surface area contributed by atoms with Gasteiger partial charge in [-0.3, -0.25) is 0 Å². The van der Waals surface area contributed by atoms with Crippen LogP contribution >= 0.6 is 0 Å². The highest BCUT2D eigenvalue weighted by Gasteiger charge is 2.67. The van der Waals surface area contributed by atoms with Crippen molar-refractivity contribution in [1.82, 2.24) is 20.0 Å². The predicted molar refractivity (Wildman–Crippen MR) is 260 cm³/mol. The quantitative estimate of drug-likeness (QED) is 0.190. The summed E-state index contributed by atoms with van der Waals surface area (Å²) in [6.45, 7) is 0. The molecular weight excluding hydrogens is 813 g/mol. The topological polar surface area (TPSA) is 37.9 Å². The highest BCUT2D eigenvalue weighted by atomic mass is 16.5. The Morgan fingerprint density at radius 2 is 0.773 bits per heavy atom. The largest absolute Gasteiger partial charge is 0.371 e. The van der Waals surface area contributed by atoms with Crippen LogP contribution in [0.4, 0.5) is 22.7 Å². The predicted octanol–water partition coefficient (Wildman–Crippen LogP) is 10.7. The molecule has 0 N–H and O–H groups in total. The molecule has 0 aromatic heterocycles. The molecule has 9 fully saturated rings. The van der Waals surface area contributed by atoms with Crippen LogP contribution in [0, 0.1) is 35.5 Å². The second kappa shape index (κ2) is 15.5. The summed E-state index contributed by atoms with van der Waals surface area (Å²) in [6.07, 6.45) is 25.5. The number of rotatable bonds is 6. The number of morpholine rings is 2. The molecule has 5 aliphatic carbocycles. The lowest BCUT2D eigenvalue weighted by Crippen LogP contribution is -2.80. The third kappa shape index (κ3) is 5.89. The van der Waals surface area contributed by atoms with Crippen molar-refractivity contribution >= 4 is 22.7 Å². The lowest BCUT2D eigenvalue weighted by atomic mass is 9.61. The van der Waals surface area contributed by atoms with Crippen molar-refractivity contribution in [1.29, 1.82) is 0 Å². The summed E-state index contributed by atoms with van der Waals surface area (Å²) >= 11 is 0. The molecule has 340 valence electrons. The standard InChI is InChI=1S/C58H66N6O2/c1-5-17-39(18-6-1)61(40-19-7-2-8-20-40)43-31-47-45-25-13-15-37-27-29-59(55(37)45)63-49-35-50-52(36-51(49)65-53(33-43)57(47)63)66-54-34-44(62(41-21-9-3-10-22-41)42-23-11-4-12-24-42)32-48-46-26-14-16-38-28-30-60(56(38)46)64(50)58(48)54/h1-12,17-24,27-30,37-38,43-58H,13-16,25-26,31-36H2. The van der Waals surface area contributed by atoms with E-state index in [1.807, 2.05) is 0 Å². The average Bonchev–Trinajstić information content (AvgIpc) is 4.01. The van der Waals surface area contributed by atoms with E-state index >= 15 is 0 Å². The molecule has 4 saturated heterocycles. The van der Waals surface area contributed by atoms with Crippen molar-refractivity contribution in [3.05, 3.63) is 146 Å². The molecule has 0 bridgehead atoms. The molecule has 6 heterocycles. The average molecular weight is 879 g/mol. The maximum Gasteiger partial charge on any atom is 0.0779 e. The van der Waals surface area contributed by atoms with Crippen molar-refractivity contribution in [2.75, 3.05) is 9.80 Å². The van der Waals surface area contributed by atoms with Crippen LogP contribution < -0.4 is 9.80 Å². The van der Waals surface area contributed by atoms with E-state index in [2.05, 4.69) is 176 Å². The van der Waals surface area contributed by atoms with Gasteiger partial charge in [-0.1, -0.05) is 97.8 Å². The lowest BCUT2D eigenvalue weighted by Gasteiger charge is -2.70. The third-order valence-corrected chi connectivity index (χ3v) is 19.5. The van der Waals surface area contributed by atoms with Crippen LogP contribution in [0.15, 0.2) is 146 Å². The fourth-order valence-corrected chi connectivity index (χ4v) is 17.4. The van der Waals surface area contributed by atoms with E-state index in [1.165, 1.54) is 74.1 Å². The summed E-state index contributed by atoms with van der Waals surface area (Å²) in [6, 6.07) is 48.3. The number of anilines is 4. The van der Waals surface area contributed by atoms with Gasteiger partial charge in [-0.05, 0) is 130 Å². The summed E-state index contributed by atoms with van der Waals surface area (Å²) in [5.41, 5.74) is 5.19. The van der Waals surface area contributed by atoms with Crippen LogP contribution in [0.25, 0.3) is 0 Å². The number of nitrogens with zero attached hydrogens (tertiary/aromatic N) is 6. The van der Waals surface area contributed by atoms with Crippen molar-refractivity contribution in [2.24, 2.45) is 35.5 Å². The zero-order chi connectivity index (χ0) is 43.0. The monoisotopic (exact) mass is 879 g/mol. The van der Waals surface area contributed by atoms with Crippen molar-refractivity contribution in [2.45, 2.75) is 150 Å². The molecule has 4 aromatic rings.